The first-order valence-electron chi connectivity index (χ1n) is 7.36. The second-order valence-electron chi connectivity index (χ2n) is 7.41. The molecule has 0 radical (unpaired) electrons. The van der Waals surface area contributed by atoms with E-state index in [1.54, 1.807) is 41.5 Å². The summed E-state index contributed by atoms with van der Waals surface area (Å²) in [6.07, 6.45) is -0.0749. The highest BCUT2D eigenvalue weighted by atomic mass is 16.6. The maximum absolute atomic E-state index is 12.1. The lowest BCUT2D eigenvalue weighted by atomic mass is 10.2. The van der Waals surface area contributed by atoms with Crippen LogP contribution in [-0.2, 0) is 14.3 Å². The Morgan fingerprint density at radius 1 is 1.09 bits per heavy atom. The van der Waals surface area contributed by atoms with E-state index in [1.807, 2.05) is 0 Å². The minimum absolute atomic E-state index is 0.220. The number of rotatable bonds is 2. The number of ether oxygens (including phenoxy) is 2. The summed E-state index contributed by atoms with van der Waals surface area (Å²) in [6.45, 7) is 10.8. The van der Waals surface area contributed by atoms with Crippen LogP contribution in [0.25, 0.3) is 0 Å². The van der Waals surface area contributed by atoms with Gasteiger partial charge in [-0.1, -0.05) is 0 Å². The summed E-state index contributed by atoms with van der Waals surface area (Å²) >= 11 is 0. The smallest absolute Gasteiger partial charge is 0.410 e. The molecule has 0 unspecified atom stereocenters. The Morgan fingerprint density at radius 2 is 1.64 bits per heavy atom. The van der Waals surface area contributed by atoms with Crippen LogP contribution in [0, 0.1) is 0 Å². The van der Waals surface area contributed by atoms with Crippen molar-refractivity contribution in [2.24, 2.45) is 0 Å². The van der Waals surface area contributed by atoms with Gasteiger partial charge in [-0.15, -0.1) is 0 Å². The molecule has 0 aliphatic carbocycles. The van der Waals surface area contributed by atoms with Gasteiger partial charge in [-0.3, -0.25) is 4.90 Å². The van der Waals surface area contributed by atoms with Gasteiger partial charge in [0.2, 0.25) is 0 Å². The van der Waals surface area contributed by atoms with Crippen LogP contribution in [0.2, 0.25) is 0 Å². The van der Waals surface area contributed by atoms with Crippen molar-refractivity contribution in [1.82, 2.24) is 10.2 Å². The summed E-state index contributed by atoms with van der Waals surface area (Å²) in [6, 6.07) is -0.938. The zero-order chi connectivity index (χ0) is 17.1. The maximum Gasteiger partial charge on any atom is 0.410 e. The van der Waals surface area contributed by atoms with Crippen LogP contribution < -0.4 is 5.32 Å². The first kappa shape index (κ1) is 18.3. The zero-order valence-corrected chi connectivity index (χ0v) is 14.1. The number of carbonyl (C=O) groups is 3. The lowest BCUT2D eigenvalue weighted by Crippen LogP contribution is -2.43. The molecule has 22 heavy (non-hydrogen) atoms. The van der Waals surface area contributed by atoms with Crippen LogP contribution in [0.3, 0.4) is 0 Å². The van der Waals surface area contributed by atoms with Gasteiger partial charge < -0.3 is 19.6 Å². The topological polar surface area (TPSA) is 84.9 Å². The molecule has 0 aromatic heterocycles. The number of nitrogens with one attached hydrogen (secondary N) is 1. The first-order valence-corrected chi connectivity index (χ1v) is 7.36. The lowest BCUT2D eigenvalue weighted by Gasteiger charge is -2.26. The average Bonchev–Trinajstić information content (AvgIpc) is 2.66. The average molecular weight is 314 g/mol. The van der Waals surface area contributed by atoms with E-state index in [0.29, 0.717) is 12.7 Å². The molecule has 126 valence electrons. The van der Waals surface area contributed by atoms with E-state index in [4.69, 9.17) is 9.47 Å². The molecule has 0 aromatic rings. The molecular formula is C15H26N2O5. The molecule has 0 aromatic carbocycles. The Kier molecular flexibility index (Phi) is 5.43. The fourth-order valence-corrected chi connectivity index (χ4v) is 2.10. The quantitative estimate of drug-likeness (QED) is 0.789. The Morgan fingerprint density at radius 3 is 2.09 bits per heavy atom. The molecule has 1 fully saturated rings. The van der Waals surface area contributed by atoms with Gasteiger partial charge in [0.25, 0.3) is 0 Å². The van der Waals surface area contributed by atoms with Crippen molar-refractivity contribution in [2.75, 3.05) is 6.54 Å². The molecule has 1 rings (SSSR count). The third-order valence-electron chi connectivity index (χ3n) is 2.85. The number of alkyl carbamates (subject to hydrolysis) is 1. The van der Waals surface area contributed by atoms with Crippen molar-refractivity contribution < 1.29 is 23.9 Å². The Hall–Kier alpha value is -1.79. The summed E-state index contributed by atoms with van der Waals surface area (Å²) in [5.74, 6) is 0. The highest BCUT2D eigenvalue weighted by Gasteiger charge is 2.38. The molecule has 1 aliphatic heterocycles. The zero-order valence-electron chi connectivity index (χ0n) is 14.1. The number of nitrogens with zero attached hydrogens (tertiary/aromatic N) is 1. The van der Waals surface area contributed by atoms with E-state index in [9.17, 15) is 14.4 Å². The molecule has 1 aliphatic rings. The molecule has 0 bridgehead atoms. The van der Waals surface area contributed by atoms with Gasteiger partial charge in [0.05, 0.1) is 12.1 Å². The molecule has 7 heteroatoms. The van der Waals surface area contributed by atoms with E-state index in [2.05, 4.69) is 5.32 Å². The highest BCUT2D eigenvalue weighted by Crippen LogP contribution is 2.20. The minimum atomic E-state index is -0.638. The van der Waals surface area contributed by atoms with Crippen molar-refractivity contribution in [3.8, 4) is 0 Å². The molecule has 1 saturated heterocycles. The van der Waals surface area contributed by atoms with Crippen molar-refractivity contribution in [3.05, 3.63) is 0 Å². The van der Waals surface area contributed by atoms with E-state index < -0.39 is 29.4 Å². The second kappa shape index (κ2) is 6.54. The molecule has 2 amide bonds. The van der Waals surface area contributed by atoms with Crippen molar-refractivity contribution >= 4 is 18.5 Å². The number of carbonyl (C=O) groups excluding carboxylic acids is 3. The van der Waals surface area contributed by atoms with Gasteiger partial charge in [0.15, 0.2) is 0 Å². The first-order chi connectivity index (χ1) is 9.91. The van der Waals surface area contributed by atoms with Crippen LogP contribution in [0.4, 0.5) is 9.59 Å². The second-order valence-corrected chi connectivity index (χ2v) is 7.41. The van der Waals surface area contributed by atoms with Gasteiger partial charge in [0, 0.05) is 6.54 Å². The van der Waals surface area contributed by atoms with Crippen molar-refractivity contribution in [1.29, 1.82) is 0 Å². The summed E-state index contributed by atoms with van der Waals surface area (Å²) in [5.41, 5.74) is -1.24. The van der Waals surface area contributed by atoms with Gasteiger partial charge in [-0.2, -0.15) is 0 Å². The van der Waals surface area contributed by atoms with Crippen molar-refractivity contribution in [2.45, 2.75) is 71.2 Å². The van der Waals surface area contributed by atoms with Gasteiger partial charge in [0.1, 0.15) is 17.5 Å². The fraction of sp³-hybridized carbons (Fsp3) is 0.800. The van der Waals surface area contributed by atoms with Crippen LogP contribution in [0.1, 0.15) is 48.0 Å². The third-order valence-corrected chi connectivity index (χ3v) is 2.85. The summed E-state index contributed by atoms with van der Waals surface area (Å²) in [5, 5.41) is 2.68. The summed E-state index contributed by atoms with van der Waals surface area (Å²) in [7, 11) is 0. The van der Waals surface area contributed by atoms with E-state index >= 15 is 0 Å². The summed E-state index contributed by atoms with van der Waals surface area (Å²) in [4.78, 5) is 36.3. The van der Waals surface area contributed by atoms with E-state index in [-0.39, 0.29) is 12.6 Å². The number of amides is 2. The van der Waals surface area contributed by atoms with Crippen LogP contribution in [0.5, 0.6) is 0 Å². The molecule has 1 heterocycles. The molecule has 2 atom stereocenters. The molecule has 0 saturated carbocycles. The van der Waals surface area contributed by atoms with E-state index in [1.165, 1.54) is 4.90 Å². The molecule has 7 nitrogen and oxygen atoms in total. The number of hydrogen-bond donors (Lipinski definition) is 1. The third kappa shape index (κ3) is 5.91. The maximum atomic E-state index is 12.1. The largest absolute Gasteiger partial charge is 0.444 e. The van der Waals surface area contributed by atoms with E-state index in [0.717, 1.165) is 0 Å². The van der Waals surface area contributed by atoms with Crippen LogP contribution in [0.15, 0.2) is 0 Å². The van der Waals surface area contributed by atoms with Gasteiger partial charge in [-0.05, 0) is 48.0 Å². The number of hydrogen-bond acceptors (Lipinski definition) is 5. The molecule has 0 spiro atoms. The monoisotopic (exact) mass is 314 g/mol. The van der Waals surface area contributed by atoms with Gasteiger partial charge >= 0.3 is 12.2 Å². The normalized spacial score (nSPS) is 22.2. The Balaban J connectivity index is 2.63. The lowest BCUT2D eigenvalue weighted by molar-refractivity contribution is -0.111. The van der Waals surface area contributed by atoms with Crippen LogP contribution >= 0.6 is 0 Å². The van der Waals surface area contributed by atoms with Crippen LogP contribution in [-0.4, -0.2) is 53.2 Å². The number of aldehydes is 1. The predicted octanol–water partition coefficient (Wildman–Crippen LogP) is 2.09. The Labute approximate surface area is 131 Å². The minimum Gasteiger partial charge on any atom is -0.444 e. The number of likely N-dealkylation sites (tertiary alicyclic amines) is 1. The molecule has 1 N–H and O–H groups in total. The predicted molar refractivity (Wildman–Crippen MR) is 80.6 cm³/mol. The Bertz CT molecular complexity index is 436. The van der Waals surface area contributed by atoms with Crippen molar-refractivity contribution in [3.63, 3.8) is 0 Å². The van der Waals surface area contributed by atoms with Gasteiger partial charge in [-0.25, -0.2) is 9.59 Å². The SMILES string of the molecule is CC(C)(C)OC(=O)N[C@H]1C[C@@H](C=O)N(C(=O)OC(C)(C)C)C1. The standard InChI is InChI=1S/C15H26N2O5/c1-14(2,3)21-12(19)16-10-7-11(9-18)17(8-10)13(20)22-15(4,5)6/h9-11H,7-8H2,1-6H3,(H,16,19)/t10-,11-/m0/s1. The highest BCUT2D eigenvalue weighted by molar-refractivity contribution is 5.75. The fourth-order valence-electron chi connectivity index (χ4n) is 2.10. The summed E-state index contributed by atoms with van der Waals surface area (Å²) < 4.78 is 10.4. The molecular weight excluding hydrogens is 288 g/mol.